The zero-order valence-corrected chi connectivity index (χ0v) is 8.98. The lowest BCUT2D eigenvalue weighted by Gasteiger charge is -2.18. The standard InChI is InChI=1S/C11H19N3/c1-8(9-3-4-9)11(12)7-10-5-6-14(2)13-10/h5-6,8-9,11H,3-4,7,12H2,1-2H3. The van der Waals surface area contributed by atoms with E-state index in [1.165, 1.54) is 12.8 Å². The van der Waals surface area contributed by atoms with Gasteiger partial charge in [-0.1, -0.05) is 6.92 Å². The molecule has 0 spiro atoms. The van der Waals surface area contributed by atoms with Gasteiger partial charge in [0, 0.05) is 25.7 Å². The Morgan fingerprint density at radius 2 is 2.36 bits per heavy atom. The summed E-state index contributed by atoms with van der Waals surface area (Å²) in [5.41, 5.74) is 7.27. The lowest BCUT2D eigenvalue weighted by atomic mass is 9.94. The van der Waals surface area contributed by atoms with Gasteiger partial charge in [-0.15, -0.1) is 0 Å². The zero-order chi connectivity index (χ0) is 10.1. The van der Waals surface area contributed by atoms with Crippen LogP contribution in [0.25, 0.3) is 0 Å². The molecule has 1 heterocycles. The molecule has 14 heavy (non-hydrogen) atoms. The minimum Gasteiger partial charge on any atom is -0.327 e. The molecule has 3 nitrogen and oxygen atoms in total. The van der Waals surface area contributed by atoms with Gasteiger partial charge in [0.2, 0.25) is 0 Å². The van der Waals surface area contributed by atoms with Crippen LogP contribution < -0.4 is 5.73 Å². The molecule has 78 valence electrons. The van der Waals surface area contributed by atoms with E-state index in [0.29, 0.717) is 5.92 Å². The third kappa shape index (κ3) is 2.15. The molecule has 1 saturated carbocycles. The first-order valence-corrected chi connectivity index (χ1v) is 5.41. The van der Waals surface area contributed by atoms with Crippen LogP contribution in [0.4, 0.5) is 0 Å². The Bertz CT molecular complexity index is 301. The van der Waals surface area contributed by atoms with Crippen LogP contribution in [0.5, 0.6) is 0 Å². The first-order valence-electron chi connectivity index (χ1n) is 5.41. The van der Waals surface area contributed by atoms with Gasteiger partial charge in [-0.05, 0) is 30.7 Å². The SMILES string of the molecule is CC(C(N)Cc1ccn(C)n1)C1CC1. The minimum atomic E-state index is 0.275. The molecule has 0 aromatic carbocycles. The molecule has 2 atom stereocenters. The Morgan fingerprint density at radius 3 is 2.86 bits per heavy atom. The van der Waals surface area contributed by atoms with Gasteiger partial charge in [-0.25, -0.2) is 0 Å². The summed E-state index contributed by atoms with van der Waals surface area (Å²) in [6.07, 6.45) is 5.64. The largest absolute Gasteiger partial charge is 0.327 e. The van der Waals surface area contributed by atoms with Gasteiger partial charge in [0.25, 0.3) is 0 Å². The Morgan fingerprint density at radius 1 is 1.64 bits per heavy atom. The third-order valence-electron chi connectivity index (χ3n) is 3.25. The number of nitrogens with zero attached hydrogens (tertiary/aromatic N) is 2. The number of aromatic nitrogens is 2. The molecule has 0 saturated heterocycles. The number of hydrogen-bond donors (Lipinski definition) is 1. The maximum Gasteiger partial charge on any atom is 0.0640 e. The highest BCUT2D eigenvalue weighted by atomic mass is 15.2. The second-order valence-electron chi connectivity index (χ2n) is 4.55. The highest BCUT2D eigenvalue weighted by molar-refractivity contribution is 5.02. The molecule has 1 aliphatic carbocycles. The van der Waals surface area contributed by atoms with Gasteiger partial charge >= 0.3 is 0 Å². The monoisotopic (exact) mass is 193 g/mol. The molecule has 2 N–H and O–H groups in total. The number of nitrogens with two attached hydrogens (primary N) is 1. The van der Waals surface area contributed by atoms with Crippen molar-refractivity contribution in [2.75, 3.05) is 0 Å². The van der Waals surface area contributed by atoms with Crippen molar-refractivity contribution in [2.45, 2.75) is 32.2 Å². The summed E-state index contributed by atoms with van der Waals surface area (Å²) in [6, 6.07) is 2.33. The third-order valence-corrected chi connectivity index (χ3v) is 3.25. The maximum absolute atomic E-state index is 6.15. The molecule has 0 bridgehead atoms. The lowest BCUT2D eigenvalue weighted by Crippen LogP contribution is -2.31. The molecule has 2 rings (SSSR count). The summed E-state index contributed by atoms with van der Waals surface area (Å²) >= 11 is 0. The van der Waals surface area contributed by atoms with Crippen molar-refractivity contribution in [3.8, 4) is 0 Å². The average Bonchev–Trinajstić information content (AvgIpc) is 2.91. The van der Waals surface area contributed by atoms with E-state index in [1.54, 1.807) is 0 Å². The Labute approximate surface area is 85.3 Å². The molecule has 1 aromatic heterocycles. The van der Waals surface area contributed by atoms with Crippen molar-refractivity contribution in [3.63, 3.8) is 0 Å². The minimum absolute atomic E-state index is 0.275. The lowest BCUT2D eigenvalue weighted by molar-refractivity contribution is 0.401. The predicted octanol–water partition coefficient (Wildman–Crippen LogP) is 1.34. The Kier molecular flexibility index (Phi) is 2.59. The van der Waals surface area contributed by atoms with E-state index >= 15 is 0 Å². The second kappa shape index (κ2) is 3.73. The fourth-order valence-corrected chi connectivity index (χ4v) is 1.97. The van der Waals surface area contributed by atoms with E-state index in [4.69, 9.17) is 5.73 Å². The van der Waals surface area contributed by atoms with Gasteiger partial charge < -0.3 is 5.73 Å². The quantitative estimate of drug-likeness (QED) is 0.784. The Balaban J connectivity index is 1.89. The molecular formula is C11H19N3. The van der Waals surface area contributed by atoms with Crippen LogP contribution in [0.15, 0.2) is 12.3 Å². The normalized spacial score (nSPS) is 20.8. The molecule has 0 amide bonds. The van der Waals surface area contributed by atoms with Crippen molar-refractivity contribution in [1.82, 2.24) is 9.78 Å². The van der Waals surface area contributed by atoms with Crippen molar-refractivity contribution < 1.29 is 0 Å². The van der Waals surface area contributed by atoms with Crippen LogP contribution in [0, 0.1) is 11.8 Å². The molecule has 1 aromatic rings. The van der Waals surface area contributed by atoms with Crippen molar-refractivity contribution in [2.24, 2.45) is 24.6 Å². The van der Waals surface area contributed by atoms with Crippen molar-refractivity contribution >= 4 is 0 Å². The maximum atomic E-state index is 6.15. The van der Waals surface area contributed by atoms with E-state index < -0.39 is 0 Å². The van der Waals surface area contributed by atoms with Gasteiger partial charge in [-0.3, -0.25) is 4.68 Å². The number of aryl methyl sites for hydroxylation is 1. The topological polar surface area (TPSA) is 43.8 Å². The van der Waals surface area contributed by atoms with E-state index in [-0.39, 0.29) is 6.04 Å². The molecule has 2 unspecified atom stereocenters. The van der Waals surface area contributed by atoms with E-state index in [0.717, 1.165) is 18.0 Å². The van der Waals surface area contributed by atoms with Gasteiger partial charge in [0.05, 0.1) is 5.69 Å². The average molecular weight is 193 g/mol. The summed E-state index contributed by atoms with van der Waals surface area (Å²) in [5, 5.41) is 4.35. The fraction of sp³-hybridized carbons (Fsp3) is 0.727. The summed E-state index contributed by atoms with van der Waals surface area (Å²) in [5.74, 6) is 1.53. The molecule has 3 heteroatoms. The summed E-state index contributed by atoms with van der Waals surface area (Å²) < 4.78 is 1.84. The molecular weight excluding hydrogens is 174 g/mol. The zero-order valence-electron chi connectivity index (χ0n) is 8.98. The smallest absolute Gasteiger partial charge is 0.0640 e. The van der Waals surface area contributed by atoms with Gasteiger partial charge in [-0.2, -0.15) is 5.10 Å². The first kappa shape index (κ1) is 9.71. The second-order valence-corrected chi connectivity index (χ2v) is 4.55. The highest BCUT2D eigenvalue weighted by Crippen LogP contribution is 2.38. The van der Waals surface area contributed by atoms with Gasteiger partial charge in [0.15, 0.2) is 0 Å². The predicted molar refractivity (Wildman–Crippen MR) is 56.8 cm³/mol. The van der Waals surface area contributed by atoms with Crippen LogP contribution in [-0.4, -0.2) is 15.8 Å². The van der Waals surface area contributed by atoms with Crippen LogP contribution >= 0.6 is 0 Å². The summed E-state index contributed by atoms with van der Waals surface area (Å²) in [6.45, 7) is 2.27. The molecule has 0 aliphatic heterocycles. The summed E-state index contributed by atoms with van der Waals surface area (Å²) in [4.78, 5) is 0. The first-order chi connectivity index (χ1) is 6.66. The molecule has 1 fully saturated rings. The van der Waals surface area contributed by atoms with Gasteiger partial charge in [0.1, 0.15) is 0 Å². The molecule has 1 aliphatic rings. The van der Waals surface area contributed by atoms with E-state index in [9.17, 15) is 0 Å². The van der Waals surface area contributed by atoms with Crippen LogP contribution in [0.2, 0.25) is 0 Å². The van der Waals surface area contributed by atoms with Crippen molar-refractivity contribution in [3.05, 3.63) is 18.0 Å². The number of hydrogen-bond acceptors (Lipinski definition) is 2. The highest BCUT2D eigenvalue weighted by Gasteiger charge is 2.31. The molecule has 0 radical (unpaired) electrons. The van der Waals surface area contributed by atoms with Crippen LogP contribution in [0.3, 0.4) is 0 Å². The van der Waals surface area contributed by atoms with E-state index in [1.807, 2.05) is 17.9 Å². The Hall–Kier alpha value is -0.830. The summed E-state index contributed by atoms with van der Waals surface area (Å²) in [7, 11) is 1.94. The van der Waals surface area contributed by atoms with E-state index in [2.05, 4.69) is 18.1 Å². The fourth-order valence-electron chi connectivity index (χ4n) is 1.97. The van der Waals surface area contributed by atoms with Crippen LogP contribution in [0.1, 0.15) is 25.5 Å². The van der Waals surface area contributed by atoms with Crippen LogP contribution in [-0.2, 0) is 13.5 Å². The number of rotatable bonds is 4. The van der Waals surface area contributed by atoms with Crippen molar-refractivity contribution in [1.29, 1.82) is 0 Å².